The van der Waals surface area contributed by atoms with Gasteiger partial charge in [-0.1, -0.05) is 0 Å². The Labute approximate surface area is 128 Å². The quantitative estimate of drug-likeness (QED) is 0.746. The van der Waals surface area contributed by atoms with Crippen LogP contribution in [-0.4, -0.2) is 40.5 Å². The summed E-state index contributed by atoms with van der Waals surface area (Å²) in [6.07, 6.45) is 4.60. The summed E-state index contributed by atoms with van der Waals surface area (Å²) in [5, 5.41) is 18.3. The molecule has 2 aromatic heterocycles. The Morgan fingerprint density at radius 1 is 1.17 bits per heavy atom. The molecule has 1 aromatic carbocycles. The van der Waals surface area contributed by atoms with Crippen molar-refractivity contribution in [2.24, 2.45) is 0 Å². The second-order valence-corrected chi connectivity index (χ2v) is 4.72. The number of aliphatic hydroxyl groups is 1. The van der Waals surface area contributed by atoms with E-state index in [-0.39, 0.29) is 0 Å². The van der Waals surface area contributed by atoms with E-state index in [1.165, 1.54) is 12.7 Å². The Hall–Kier alpha value is -3.01. The smallest absolute Gasteiger partial charge is 0.286 e. The average Bonchev–Trinajstić information content (AvgIpc) is 3.19. The maximum absolute atomic E-state index is 14.1. The van der Waals surface area contributed by atoms with Crippen LogP contribution in [0.25, 0.3) is 0 Å². The molecule has 0 fully saturated rings. The van der Waals surface area contributed by atoms with Gasteiger partial charge in [0.15, 0.2) is 5.60 Å². The highest BCUT2D eigenvalue weighted by Gasteiger charge is 2.42. The molecule has 1 N–H and O–H groups in total. The summed E-state index contributed by atoms with van der Waals surface area (Å²) in [6, 6.07) is 2.52. The number of halogens is 2. The summed E-state index contributed by atoms with van der Waals surface area (Å²) >= 11 is 0. The molecule has 3 aromatic rings. The molecule has 0 bridgehead atoms. The monoisotopic (exact) mass is 320 g/mol. The maximum Gasteiger partial charge on any atom is 0.286 e. The predicted molar refractivity (Wildman–Crippen MR) is 70.9 cm³/mol. The fraction of sp³-hybridized carbons (Fsp3) is 0.154. The molecule has 0 radical (unpaired) electrons. The van der Waals surface area contributed by atoms with Gasteiger partial charge >= 0.3 is 0 Å². The fourth-order valence-electron chi connectivity index (χ4n) is 2.14. The molecule has 8 nitrogen and oxygen atoms in total. The van der Waals surface area contributed by atoms with Gasteiger partial charge in [-0.05, 0) is 12.1 Å². The number of aromatic nitrogens is 6. The fourth-order valence-corrected chi connectivity index (χ4v) is 2.14. The molecule has 23 heavy (non-hydrogen) atoms. The SMILES string of the molecule is O=C(n1cncn1)C(O)(Cn1cncn1)c1ccc(F)cc1F. The molecule has 2 heterocycles. The first-order valence-corrected chi connectivity index (χ1v) is 6.40. The van der Waals surface area contributed by atoms with Crippen molar-refractivity contribution in [1.29, 1.82) is 0 Å². The summed E-state index contributed by atoms with van der Waals surface area (Å²) in [5.74, 6) is -2.86. The minimum absolute atomic E-state index is 0.408. The lowest BCUT2D eigenvalue weighted by Crippen LogP contribution is -2.44. The highest BCUT2D eigenvalue weighted by Crippen LogP contribution is 2.28. The van der Waals surface area contributed by atoms with Crippen molar-refractivity contribution in [2.45, 2.75) is 12.1 Å². The lowest BCUT2D eigenvalue weighted by Gasteiger charge is -2.26. The minimum Gasteiger partial charge on any atom is -0.374 e. The van der Waals surface area contributed by atoms with Crippen molar-refractivity contribution in [3.05, 3.63) is 60.7 Å². The van der Waals surface area contributed by atoms with Gasteiger partial charge < -0.3 is 5.11 Å². The number of carbonyl (C=O) groups excluding carboxylic acids is 1. The Morgan fingerprint density at radius 3 is 2.52 bits per heavy atom. The molecule has 0 aliphatic rings. The van der Waals surface area contributed by atoms with Gasteiger partial charge in [0.25, 0.3) is 5.91 Å². The molecular weight excluding hydrogens is 310 g/mol. The predicted octanol–water partition coefficient (Wildman–Crippen LogP) is 0.376. The van der Waals surface area contributed by atoms with Crippen molar-refractivity contribution < 1.29 is 18.7 Å². The third kappa shape index (κ3) is 2.71. The first-order chi connectivity index (χ1) is 11.0. The molecule has 1 unspecified atom stereocenters. The first-order valence-electron chi connectivity index (χ1n) is 6.40. The number of nitrogens with zero attached hydrogens (tertiary/aromatic N) is 6. The van der Waals surface area contributed by atoms with E-state index in [0.29, 0.717) is 6.07 Å². The van der Waals surface area contributed by atoms with E-state index in [0.717, 1.165) is 34.2 Å². The molecule has 0 saturated carbocycles. The molecule has 1 atom stereocenters. The van der Waals surface area contributed by atoms with Crippen LogP contribution in [0, 0.1) is 11.6 Å². The number of carbonyl (C=O) groups is 1. The molecular formula is C13H10F2N6O2. The van der Waals surface area contributed by atoms with E-state index >= 15 is 0 Å². The van der Waals surface area contributed by atoms with E-state index < -0.39 is 35.3 Å². The number of hydrogen-bond donors (Lipinski definition) is 1. The van der Waals surface area contributed by atoms with Gasteiger partial charge in [0.1, 0.15) is 36.9 Å². The van der Waals surface area contributed by atoms with Crippen LogP contribution in [0.15, 0.2) is 43.5 Å². The van der Waals surface area contributed by atoms with Crippen molar-refractivity contribution in [2.75, 3.05) is 0 Å². The minimum atomic E-state index is -2.38. The van der Waals surface area contributed by atoms with E-state index in [9.17, 15) is 18.7 Å². The molecule has 3 rings (SSSR count). The second-order valence-electron chi connectivity index (χ2n) is 4.72. The van der Waals surface area contributed by atoms with E-state index in [1.54, 1.807) is 0 Å². The standard InChI is InChI=1S/C13H10F2N6O2/c14-9-1-2-10(11(15)3-9)13(23,4-20-7-16-5-18-20)12(22)21-8-17-6-19-21/h1-3,5-8,23H,4H2. The summed E-state index contributed by atoms with van der Waals surface area (Å²) < 4.78 is 29.2. The average molecular weight is 320 g/mol. The Bertz CT molecular complexity index is 821. The van der Waals surface area contributed by atoms with E-state index in [4.69, 9.17) is 0 Å². The first kappa shape index (κ1) is 14.9. The van der Waals surface area contributed by atoms with Gasteiger partial charge in [-0.15, -0.1) is 0 Å². The van der Waals surface area contributed by atoms with Crippen LogP contribution in [0.5, 0.6) is 0 Å². The second kappa shape index (κ2) is 5.65. The Morgan fingerprint density at radius 2 is 1.91 bits per heavy atom. The zero-order valence-corrected chi connectivity index (χ0v) is 11.5. The zero-order chi connectivity index (χ0) is 16.4. The third-order valence-electron chi connectivity index (χ3n) is 3.21. The lowest BCUT2D eigenvalue weighted by atomic mass is 9.92. The van der Waals surface area contributed by atoms with Gasteiger partial charge in [0.05, 0.1) is 6.54 Å². The van der Waals surface area contributed by atoms with Gasteiger partial charge in [-0.2, -0.15) is 14.9 Å². The summed E-state index contributed by atoms with van der Waals surface area (Å²) in [5.41, 5.74) is -2.78. The normalized spacial score (nSPS) is 13.7. The maximum atomic E-state index is 14.1. The van der Waals surface area contributed by atoms with Crippen LogP contribution < -0.4 is 0 Å². The zero-order valence-electron chi connectivity index (χ0n) is 11.5. The largest absolute Gasteiger partial charge is 0.374 e. The van der Waals surface area contributed by atoms with E-state index in [1.807, 2.05) is 0 Å². The van der Waals surface area contributed by atoms with Crippen LogP contribution in [0.4, 0.5) is 8.78 Å². The van der Waals surface area contributed by atoms with Gasteiger partial charge in [-0.25, -0.2) is 23.4 Å². The Kier molecular flexibility index (Phi) is 3.66. The molecule has 10 heteroatoms. The third-order valence-corrected chi connectivity index (χ3v) is 3.21. The Balaban J connectivity index is 2.11. The molecule has 0 saturated heterocycles. The molecule has 0 aliphatic heterocycles. The van der Waals surface area contributed by atoms with Crippen LogP contribution >= 0.6 is 0 Å². The van der Waals surface area contributed by atoms with Crippen molar-refractivity contribution in [3.63, 3.8) is 0 Å². The molecule has 0 amide bonds. The van der Waals surface area contributed by atoms with Gasteiger partial charge in [0.2, 0.25) is 0 Å². The van der Waals surface area contributed by atoms with Gasteiger partial charge in [-0.3, -0.25) is 4.79 Å². The number of hydrogen-bond acceptors (Lipinski definition) is 6. The lowest BCUT2D eigenvalue weighted by molar-refractivity contribution is 0.00575. The summed E-state index contributed by atoms with van der Waals surface area (Å²) in [4.78, 5) is 19.9. The van der Waals surface area contributed by atoms with Crippen molar-refractivity contribution in [1.82, 2.24) is 29.5 Å². The van der Waals surface area contributed by atoms with Crippen LogP contribution in [-0.2, 0) is 12.1 Å². The number of rotatable bonds is 4. The topological polar surface area (TPSA) is 98.7 Å². The summed E-state index contributed by atoms with van der Waals surface area (Å²) in [7, 11) is 0. The van der Waals surface area contributed by atoms with Gasteiger partial charge in [0, 0.05) is 11.6 Å². The molecule has 0 aliphatic carbocycles. The van der Waals surface area contributed by atoms with Crippen LogP contribution in [0.3, 0.4) is 0 Å². The highest BCUT2D eigenvalue weighted by molar-refractivity contribution is 5.87. The van der Waals surface area contributed by atoms with Crippen molar-refractivity contribution in [3.8, 4) is 0 Å². The highest BCUT2D eigenvalue weighted by atomic mass is 19.1. The van der Waals surface area contributed by atoms with E-state index in [2.05, 4.69) is 20.2 Å². The van der Waals surface area contributed by atoms with Crippen molar-refractivity contribution >= 4 is 5.91 Å². The molecule has 118 valence electrons. The number of benzene rings is 1. The molecule has 0 spiro atoms. The van der Waals surface area contributed by atoms with Crippen LogP contribution in [0.1, 0.15) is 10.4 Å². The van der Waals surface area contributed by atoms with Crippen LogP contribution in [0.2, 0.25) is 0 Å². The summed E-state index contributed by atoms with van der Waals surface area (Å²) in [6.45, 7) is -0.436.